The van der Waals surface area contributed by atoms with Crippen LogP contribution < -0.4 is 10.6 Å². The molecule has 2 aliphatic rings. The van der Waals surface area contributed by atoms with Crippen LogP contribution in [0.3, 0.4) is 0 Å². The fraction of sp³-hybridized carbons (Fsp3) is 0.526. The van der Waals surface area contributed by atoms with Crippen molar-refractivity contribution in [2.75, 3.05) is 13.6 Å². The van der Waals surface area contributed by atoms with E-state index in [1.807, 2.05) is 18.2 Å². The second kappa shape index (κ2) is 8.64. The molecule has 2 atom stereocenters. The molecule has 0 spiro atoms. The van der Waals surface area contributed by atoms with E-state index in [2.05, 4.69) is 21.8 Å². The fourth-order valence-electron chi connectivity index (χ4n) is 3.42. The van der Waals surface area contributed by atoms with Crippen LogP contribution in [0.5, 0.6) is 0 Å². The van der Waals surface area contributed by atoms with E-state index < -0.39 is 0 Å². The summed E-state index contributed by atoms with van der Waals surface area (Å²) in [6.45, 7) is 0.885. The number of halogens is 1. The lowest BCUT2D eigenvalue weighted by atomic mass is 9.91. The van der Waals surface area contributed by atoms with Crippen LogP contribution in [-0.4, -0.2) is 42.3 Å². The van der Waals surface area contributed by atoms with Gasteiger partial charge in [-0.05, 0) is 55.8 Å². The molecule has 0 aliphatic carbocycles. The van der Waals surface area contributed by atoms with Crippen LogP contribution in [-0.2, 0) is 16.0 Å². The zero-order chi connectivity index (χ0) is 18.5. The minimum atomic E-state index is -0.181. The average molecular weight is 377 g/mol. The first-order chi connectivity index (χ1) is 12.5. The molecule has 7 heteroatoms. The Bertz CT molecular complexity index is 699. The van der Waals surface area contributed by atoms with E-state index >= 15 is 0 Å². The number of aryl methyl sites for hydroxylation is 1. The Balaban J connectivity index is 1.41. The van der Waals surface area contributed by atoms with E-state index in [0.717, 1.165) is 37.3 Å². The van der Waals surface area contributed by atoms with Gasteiger partial charge in [-0.2, -0.15) is 5.10 Å². The van der Waals surface area contributed by atoms with Crippen molar-refractivity contribution >= 4 is 29.1 Å². The van der Waals surface area contributed by atoms with Crippen molar-refractivity contribution in [1.82, 2.24) is 15.6 Å². The summed E-state index contributed by atoms with van der Waals surface area (Å²) >= 11 is 6.03. The topological polar surface area (TPSA) is 73.8 Å². The third-order valence-corrected chi connectivity index (χ3v) is 5.26. The van der Waals surface area contributed by atoms with Crippen LogP contribution in [0.1, 0.15) is 37.7 Å². The van der Waals surface area contributed by atoms with Crippen molar-refractivity contribution in [3.8, 4) is 0 Å². The standard InChI is InChI=1S/C19H25ClN4O2/c1-24-18(25)10-8-16(23-24)19(26)22-17-9-7-14(12-21-17)6-5-13-3-2-4-15(20)11-13/h2-4,11,14,17,21H,5-10,12H2,1H3,(H,22,26). The van der Waals surface area contributed by atoms with Crippen molar-refractivity contribution < 1.29 is 9.59 Å². The van der Waals surface area contributed by atoms with Gasteiger partial charge in [0.2, 0.25) is 5.91 Å². The van der Waals surface area contributed by atoms with Gasteiger partial charge in [-0.1, -0.05) is 23.7 Å². The maximum absolute atomic E-state index is 12.3. The van der Waals surface area contributed by atoms with Gasteiger partial charge < -0.3 is 5.32 Å². The highest BCUT2D eigenvalue weighted by Gasteiger charge is 2.26. The normalized spacial score (nSPS) is 23.5. The zero-order valence-corrected chi connectivity index (χ0v) is 15.8. The first kappa shape index (κ1) is 18.9. The maximum Gasteiger partial charge on any atom is 0.268 e. The first-order valence-electron chi connectivity index (χ1n) is 9.14. The Labute approximate surface area is 159 Å². The molecule has 1 aromatic carbocycles. The number of rotatable bonds is 5. The molecule has 140 valence electrons. The molecule has 2 amide bonds. The van der Waals surface area contributed by atoms with Crippen molar-refractivity contribution in [3.63, 3.8) is 0 Å². The van der Waals surface area contributed by atoms with Gasteiger partial charge in [0.25, 0.3) is 5.91 Å². The van der Waals surface area contributed by atoms with Crippen LogP contribution in [0.4, 0.5) is 0 Å². The summed E-state index contributed by atoms with van der Waals surface area (Å²) in [6.07, 6.45) is 4.80. The number of piperidine rings is 1. The van der Waals surface area contributed by atoms with E-state index in [1.54, 1.807) is 7.05 Å². The molecule has 0 radical (unpaired) electrons. The van der Waals surface area contributed by atoms with E-state index in [9.17, 15) is 9.59 Å². The Morgan fingerprint density at radius 1 is 1.38 bits per heavy atom. The number of carbonyl (C=O) groups is 2. The van der Waals surface area contributed by atoms with Crippen LogP contribution in [0.15, 0.2) is 29.4 Å². The second-order valence-corrected chi connectivity index (χ2v) is 7.45. The molecule has 0 aromatic heterocycles. The minimum absolute atomic E-state index is 0.0319. The third-order valence-electron chi connectivity index (χ3n) is 5.02. The number of hydrogen-bond donors (Lipinski definition) is 2. The number of nitrogens with one attached hydrogen (secondary N) is 2. The molecule has 2 heterocycles. The predicted molar refractivity (Wildman–Crippen MR) is 102 cm³/mol. The molecule has 26 heavy (non-hydrogen) atoms. The molecular formula is C19H25ClN4O2. The summed E-state index contributed by atoms with van der Waals surface area (Å²) in [5, 5.41) is 12.5. The number of amides is 2. The van der Waals surface area contributed by atoms with E-state index in [1.165, 1.54) is 10.6 Å². The van der Waals surface area contributed by atoms with Gasteiger partial charge in [0, 0.05) is 24.9 Å². The van der Waals surface area contributed by atoms with Crippen molar-refractivity contribution in [2.24, 2.45) is 11.0 Å². The quantitative estimate of drug-likeness (QED) is 0.828. The highest BCUT2D eigenvalue weighted by atomic mass is 35.5. The highest BCUT2D eigenvalue weighted by Crippen LogP contribution is 2.20. The van der Waals surface area contributed by atoms with Gasteiger partial charge in [0.1, 0.15) is 5.71 Å². The lowest BCUT2D eigenvalue weighted by Gasteiger charge is -2.31. The molecule has 2 aliphatic heterocycles. The lowest BCUT2D eigenvalue weighted by Crippen LogP contribution is -2.52. The Kier molecular flexibility index (Phi) is 6.27. The monoisotopic (exact) mass is 376 g/mol. The fourth-order valence-corrected chi connectivity index (χ4v) is 3.64. The summed E-state index contributed by atoms with van der Waals surface area (Å²) in [4.78, 5) is 23.7. The second-order valence-electron chi connectivity index (χ2n) is 7.01. The molecule has 1 aromatic rings. The number of nitrogens with zero attached hydrogens (tertiary/aromatic N) is 2. The van der Waals surface area contributed by atoms with Crippen LogP contribution in [0.25, 0.3) is 0 Å². The minimum Gasteiger partial charge on any atom is -0.336 e. The molecule has 6 nitrogen and oxygen atoms in total. The molecule has 0 bridgehead atoms. The molecule has 1 fully saturated rings. The molecule has 2 N–H and O–H groups in total. The van der Waals surface area contributed by atoms with Gasteiger partial charge in [-0.3, -0.25) is 14.9 Å². The van der Waals surface area contributed by atoms with Gasteiger partial charge in [0.05, 0.1) is 6.17 Å². The number of hydrogen-bond acceptors (Lipinski definition) is 4. The SMILES string of the molecule is CN1N=C(C(=O)NC2CCC(CCc3cccc(Cl)c3)CN2)CCC1=O. The van der Waals surface area contributed by atoms with Crippen molar-refractivity contribution in [2.45, 2.75) is 44.7 Å². The predicted octanol–water partition coefficient (Wildman–Crippen LogP) is 2.32. The van der Waals surface area contributed by atoms with E-state index in [0.29, 0.717) is 24.5 Å². The average Bonchev–Trinajstić information content (AvgIpc) is 2.63. The van der Waals surface area contributed by atoms with Crippen LogP contribution in [0, 0.1) is 5.92 Å². The van der Waals surface area contributed by atoms with Gasteiger partial charge >= 0.3 is 0 Å². The summed E-state index contributed by atoms with van der Waals surface area (Å²) in [5.74, 6) is 0.358. The molecule has 1 saturated heterocycles. The maximum atomic E-state index is 12.3. The summed E-state index contributed by atoms with van der Waals surface area (Å²) in [6, 6.07) is 8.01. The Hall–Kier alpha value is -1.92. The van der Waals surface area contributed by atoms with Crippen molar-refractivity contribution in [3.05, 3.63) is 34.9 Å². The zero-order valence-electron chi connectivity index (χ0n) is 15.0. The summed E-state index contributed by atoms with van der Waals surface area (Å²) < 4.78 is 0. The van der Waals surface area contributed by atoms with Crippen LogP contribution >= 0.6 is 11.6 Å². The van der Waals surface area contributed by atoms with Crippen molar-refractivity contribution in [1.29, 1.82) is 0 Å². The number of benzene rings is 1. The van der Waals surface area contributed by atoms with E-state index in [-0.39, 0.29) is 18.0 Å². The first-order valence-corrected chi connectivity index (χ1v) is 9.52. The molecular weight excluding hydrogens is 352 g/mol. The molecule has 2 unspecified atom stereocenters. The Morgan fingerprint density at radius 2 is 2.23 bits per heavy atom. The lowest BCUT2D eigenvalue weighted by molar-refractivity contribution is -0.130. The summed E-state index contributed by atoms with van der Waals surface area (Å²) in [5.41, 5.74) is 1.69. The van der Waals surface area contributed by atoms with Crippen LogP contribution in [0.2, 0.25) is 5.02 Å². The smallest absolute Gasteiger partial charge is 0.268 e. The largest absolute Gasteiger partial charge is 0.336 e. The molecule has 0 saturated carbocycles. The van der Waals surface area contributed by atoms with Gasteiger partial charge in [-0.25, -0.2) is 5.01 Å². The number of carbonyl (C=O) groups excluding carboxylic acids is 2. The Morgan fingerprint density at radius 3 is 2.92 bits per heavy atom. The third kappa shape index (κ3) is 5.05. The summed E-state index contributed by atoms with van der Waals surface area (Å²) in [7, 11) is 1.58. The van der Waals surface area contributed by atoms with E-state index in [4.69, 9.17) is 11.6 Å². The van der Waals surface area contributed by atoms with Gasteiger partial charge in [0.15, 0.2) is 0 Å². The highest BCUT2D eigenvalue weighted by molar-refractivity contribution is 6.39. The van der Waals surface area contributed by atoms with Gasteiger partial charge in [-0.15, -0.1) is 0 Å². The molecule has 3 rings (SSSR count). The number of hydrazone groups is 1.